The fraction of sp³-hybridized carbons (Fsp3) is 0.0909. The van der Waals surface area contributed by atoms with Gasteiger partial charge < -0.3 is 4.74 Å². The predicted octanol–water partition coefficient (Wildman–Crippen LogP) is 4.11. The summed E-state index contributed by atoms with van der Waals surface area (Å²) in [6, 6.07) is 6.94. The number of aromatic nitrogens is 2. The van der Waals surface area contributed by atoms with Gasteiger partial charge in [0.25, 0.3) is 0 Å². The van der Waals surface area contributed by atoms with Gasteiger partial charge in [-0.3, -0.25) is 0 Å². The number of hydrogen-bond acceptors (Lipinski definition) is 3. The number of methoxy groups -OCH3 is 1. The van der Waals surface area contributed by atoms with Crippen LogP contribution >= 0.6 is 34.8 Å². The van der Waals surface area contributed by atoms with Crippen LogP contribution in [-0.4, -0.2) is 17.3 Å². The number of rotatable bonds is 2. The molecule has 2 aromatic rings. The molecule has 0 fully saturated rings. The molecule has 0 aliphatic rings. The summed E-state index contributed by atoms with van der Waals surface area (Å²) in [5, 5.41) is 8.47. The molecule has 0 amide bonds. The van der Waals surface area contributed by atoms with Gasteiger partial charge in [-0.15, -0.1) is 10.2 Å². The van der Waals surface area contributed by atoms with Crippen molar-refractivity contribution in [3.63, 3.8) is 0 Å². The molecule has 0 unspecified atom stereocenters. The quantitative estimate of drug-likeness (QED) is 0.834. The minimum absolute atomic E-state index is 0.276. The average Bonchev–Trinajstić information content (AvgIpc) is 2.33. The zero-order valence-corrected chi connectivity index (χ0v) is 11.0. The standard InChI is InChI=1S/C11H7Cl3N2O/c1-17-9-4-6(2-3-8(9)12)7-5-10(13)15-16-11(7)14/h2-5H,1H3. The summed E-state index contributed by atoms with van der Waals surface area (Å²) in [7, 11) is 1.55. The highest BCUT2D eigenvalue weighted by atomic mass is 35.5. The van der Waals surface area contributed by atoms with E-state index >= 15 is 0 Å². The lowest BCUT2D eigenvalue weighted by Crippen LogP contribution is -1.90. The normalized spacial score (nSPS) is 10.4. The van der Waals surface area contributed by atoms with Gasteiger partial charge >= 0.3 is 0 Å². The lowest BCUT2D eigenvalue weighted by Gasteiger charge is -2.07. The fourth-order valence-corrected chi connectivity index (χ4v) is 1.93. The first-order chi connectivity index (χ1) is 8.11. The molecule has 2 rings (SSSR count). The number of hydrogen-bond donors (Lipinski definition) is 0. The van der Waals surface area contributed by atoms with Gasteiger partial charge in [-0.2, -0.15) is 0 Å². The van der Waals surface area contributed by atoms with E-state index in [2.05, 4.69) is 10.2 Å². The van der Waals surface area contributed by atoms with Gasteiger partial charge in [-0.05, 0) is 23.8 Å². The third-order valence-corrected chi connectivity index (χ3v) is 2.96. The SMILES string of the molecule is COc1cc(-c2cc(Cl)nnc2Cl)ccc1Cl. The molecule has 6 heteroatoms. The van der Waals surface area contributed by atoms with E-state index in [9.17, 15) is 0 Å². The van der Waals surface area contributed by atoms with E-state index in [1.165, 1.54) is 0 Å². The Hall–Kier alpha value is -1.03. The maximum absolute atomic E-state index is 5.96. The van der Waals surface area contributed by atoms with Crippen molar-refractivity contribution >= 4 is 34.8 Å². The highest BCUT2D eigenvalue weighted by Gasteiger charge is 2.09. The highest BCUT2D eigenvalue weighted by molar-refractivity contribution is 6.34. The number of benzene rings is 1. The van der Waals surface area contributed by atoms with Crippen molar-refractivity contribution in [3.05, 3.63) is 39.6 Å². The predicted molar refractivity (Wildman–Crippen MR) is 69.1 cm³/mol. The molecule has 88 valence electrons. The summed E-state index contributed by atoms with van der Waals surface area (Å²) in [6.07, 6.45) is 0. The zero-order valence-electron chi connectivity index (χ0n) is 8.75. The zero-order chi connectivity index (χ0) is 12.4. The van der Waals surface area contributed by atoms with E-state index in [0.29, 0.717) is 16.3 Å². The monoisotopic (exact) mass is 288 g/mol. The highest BCUT2D eigenvalue weighted by Crippen LogP contribution is 2.33. The molecule has 0 saturated heterocycles. The Morgan fingerprint density at radius 3 is 2.53 bits per heavy atom. The van der Waals surface area contributed by atoms with Crippen LogP contribution in [0.5, 0.6) is 5.75 Å². The van der Waals surface area contributed by atoms with Crippen LogP contribution in [0, 0.1) is 0 Å². The topological polar surface area (TPSA) is 35.0 Å². The second-order valence-corrected chi connectivity index (χ2v) is 4.37. The van der Waals surface area contributed by atoms with Crippen molar-refractivity contribution < 1.29 is 4.74 Å². The van der Waals surface area contributed by atoms with Crippen LogP contribution in [0.2, 0.25) is 15.3 Å². The summed E-state index contributed by atoms with van der Waals surface area (Å²) < 4.78 is 5.13. The Balaban J connectivity index is 2.56. The van der Waals surface area contributed by atoms with Crippen molar-refractivity contribution in [1.82, 2.24) is 10.2 Å². The van der Waals surface area contributed by atoms with Gasteiger partial charge in [0.15, 0.2) is 10.3 Å². The maximum Gasteiger partial charge on any atom is 0.159 e. The Bertz CT molecular complexity index is 560. The number of nitrogens with zero attached hydrogens (tertiary/aromatic N) is 2. The minimum atomic E-state index is 0.276. The molecule has 0 radical (unpaired) electrons. The van der Waals surface area contributed by atoms with Crippen molar-refractivity contribution in [2.45, 2.75) is 0 Å². The molecule has 0 aliphatic heterocycles. The molecule has 0 saturated carbocycles. The summed E-state index contributed by atoms with van der Waals surface area (Å²) >= 11 is 17.7. The van der Waals surface area contributed by atoms with E-state index in [4.69, 9.17) is 39.5 Å². The molecule has 17 heavy (non-hydrogen) atoms. The second kappa shape index (κ2) is 5.08. The second-order valence-electron chi connectivity index (χ2n) is 3.22. The largest absolute Gasteiger partial charge is 0.495 e. The minimum Gasteiger partial charge on any atom is -0.495 e. The molecule has 3 nitrogen and oxygen atoms in total. The van der Waals surface area contributed by atoms with Gasteiger partial charge in [0.05, 0.1) is 12.1 Å². The first-order valence-corrected chi connectivity index (χ1v) is 5.78. The molecule has 0 bridgehead atoms. The van der Waals surface area contributed by atoms with Crippen LogP contribution < -0.4 is 4.74 Å². The van der Waals surface area contributed by atoms with E-state index in [1.54, 1.807) is 25.3 Å². The first-order valence-electron chi connectivity index (χ1n) is 4.64. The lowest BCUT2D eigenvalue weighted by molar-refractivity contribution is 0.415. The van der Waals surface area contributed by atoms with Crippen molar-refractivity contribution in [3.8, 4) is 16.9 Å². The van der Waals surface area contributed by atoms with Crippen LogP contribution in [0.1, 0.15) is 0 Å². The van der Waals surface area contributed by atoms with Gasteiger partial charge in [-0.1, -0.05) is 40.9 Å². The smallest absolute Gasteiger partial charge is 0.159 e. The van der Waals surface area contributed by atoms with Crippen LogP contribution in [0.4, 0.5) is 0 Å². The summed E-state index contributed by atoms with van der Waals surface area (Å²) in [4.78, 5) is 0. The molecule has 0 aliphatic carbocycles. The van der Waals surface area contributed by atoms with Crippen molar-refractivity contribution in [2.75, 3.05) is 7.11 Å². The molecular formula is C11H7Cl3N2O. The summed E-state index contributed by atoms with van der Waals surface area (Å²) in [6.45, 7) is 0. The Kier molecular flexibility index (Phi) is 3.72. The number of ether oxygens (including phenoxy) is 1. The van der Waals surface area contributed by atoms with Crippen molar-refractivity contribution in [1.29, 1.82) is 0 Å². The molecule has 0 N–H and O–H groups in total. The average molecular weight is 290 g/mol. The van der Waals surface area contributed by atoms with E-state index in [1.807, 2.05) is 6.07 Å². The third-order valence-electron chi connectivity index (χ3n) is 2.18. The Morgan fingerprint density at radius 2 is 1.82 bits per heavy atom. The van der Waals surface area contributed by atoms with E-state index in [0.717, 1.165) is 5.56 Å². The van der Waals surface area contributed by atoms with Crippen LogP contribution in [0.25, 0.3) is 11.1 Å². The molecule has 1 aromatic carbocycles. The first kappa shape index (κ1) is 12.4. The Labute approximate surface area is 113 Å². The fourth-order valence-electron chi connectivity index (χ4n) is 1.38. The van der Waals surface area contributed by atoms with Gasteiger partial charge in [-0.25, -0.2) is 0 Å². The Morgan fingerprint density at radius 1 is 1.06 bits per heavy atom. The summed E-state index contributed by atoms with van der Waals surface area (Å²) in [5.74, 6) is 0.563. The number of halogens is 3. The van der Waals surface area contributed by atoms with Crippen LogP contribution in [0.3, 0.4) is 0 Å². The van der Waals surface area contributed by atoms with Crippen LogP contribution in [-0.2, 0) is 0 Å². The van der Waals surface area contributed by atoms with E-state index < -0.39 is 0 Å². The molecule has 0 spiro atoms. The van der Waals surface area contributed by atoms with Gasteiger partial charge in [0.2, 0.25) is 0 Å². The lowest BCUT2D eigenvalue weighted by atomic mass is 10.1. The molecule has 0 atom stereocenters. The molecule has 1 aromatic heterocycles. The van der Waals surface area contributed by atoms with E-state index in [-0.39, 0.29) is 10.3 Å². The maximum atomic E-state index is 5.96. The van der Waals surface area contributed by atoms with Gasteiger partial charge in [0.1, 0.15) is 5.75 Å². The third kappa shape index (κ3) is 2.63. The van der Waals surface area contributed by atoms with Crippen molar-refractivity contribution in [2.24, 2.45) is 0 Å². The van der Waals surface area contributed by atoms with Gasteiger partial charge in [0, 0.05) is 5.56 Å². The van der Waals surface area contributed by atoms with Crippen LogP contribution in [0.15, 0.2) is 24.3 Å². The molecular weight excluding hydrogens is 282 g/mol. The summed E-state index contributed by atoms with van der Waals surface area (Å²) in [5.41, 5.74) is 1.50. The molecule has 1 heterocycles.